The van der Waals surface area contributed by atoms with Crippen molar-refractivity contribution in [2.24, 2.45) is 0 Å². The molecule has 6 nitrogen and oxygen atoms in total. The molecule has 0 bridgehead atoms. The molecule has 0 radical (unpaired) electrons. The molecule has 1 fully saturated rings. The molecule has 1 aliphatic heterocycles. The summed E-state index contributed by atoms with van der Waals surface area (Å²) in [7, 11) is 1.58. The zero-order valence-electron chi connectivity index (χ0n) is 14.2. The molecule has 1 saturated heterocycles. The van der Waals surface area contributed by atoms with E-state index in [2.05, 4.69) is 34.8 Å². The number of imide groups is 1. The smallest absolute Gasteiger partial charge is 0.328 e. The standard InChI is InChI=1S/C17H21IN2O4/c1-5-10(3)24-15-12(18)7-11(9-14(15)23-4)8-13-16(21)20(6-2)17(22)19-13/h7-10H,5-6H2,1-4H3,(H,19,22)/b13-8+/t10-/m1/s1. The summed E-state index contributed by atoms with van der Waals surface area (Å²) in [6.45, 7) is 6.14. The van der Waals surface area contributed by atoms with E-state index in [4.69, 9.17) is 9.47 Å². The van der Waals surface area contributed by atoms with Crippen molar-refractivity contribution in [3.05, 3.63) is 27.0 Å². The van der Waals surface area contributed by atoms with Crippen molar-refractivity contribution in [1.82, 2.24) is 10.2 Å². The van der Waals surface area contributed by atoms with E-state index < -0.39 is 6.03 Å². The molecule has 1 aromatic carbocycles. The number of carbonyl (C=O) groups excluding carboxylic acids is 2. The second-order valence-electron chi connectivity index (χ2n) is 5.41. The molecule has 0 aromatic heterocycles. The number of carbonyl (C=O) groups is 2. The maximum absolute atomic E-state index is 12.2. The normalized spacial score (nSPS) is 17.2. The van der Waals surface area contributed by atoms with E-state index in [1.165, 1.54) is 0 Å². The predicted octanol–water partition coefficient (Wildman–Crippen LogP) is 3.39. The second kappa shape index (κ2) is 7.87. The summed E-state index contributed by atoms with van der Waals surface area (Å²) in [6, 6.07) is 3.29. The molecule has 7 heteroatoms. The van der Waals surface area contributed by atoms with Crippen LogP contribution in [-0.4, -0.2) is 36.6 Å². The van der Waals surface area contributed by atoms with Crippen molar-refractivity contribution >= 4 is 40.6 Å². The highest BCUT2D eigenvalue weighted by Crippen LogP contribution is 2.35. The van der Waals surface area contributed by atoms with Gasteiger partial charge in [-0.2, -0.15) is 0 Å². The van der Waals surface area contributed by atoms with E-state index in [-0.39, 0.29) is 17.7 Å². The number of ether oxygens (including phenoxy) is 2. The Morgan fingerprint density at radius 2 is 2.04 bits per heavy atom. The quantitative estimate of drug-likeness (QED) is 0.415. The van der Waals surface area contributed by atoms with Gasteiger partial charge < -0.3 is 14.8 Å². The molecule has 1 aromatic rings. The van der Waals surface area contributed by atoms with Crippen LogP contribution in [-0.2, 0) is 4.79 Å². The first-order valence-corrected chi connectivity index (χ1v) is 8.87. The molecule has 0 aliphatic carbocycles. The Hall–Kier alpha value is -1.77. The third-order valence-electron chi connectivity index (χ3n) is 3.74. The highest BCUT2D eigenvalue weighted by atomic mass is 127. The van der Waals surface area contributed by atoms with Crippen molar-refractivity contribution < 1.29 is 19.1 Å². The van der Waals surface area contributed by atoms with Gasteiger partial charge in [0.25, 0.3) is 5.91 Å². The van der Waals surface area contributed by atoms with Gasteiger partial charge in [0.15, 0.2) is 11.5 Å². The monoisotopic (exact) mass is 444 g/mol. The molecule has 3 amide bonds. The molecule has 24 heavy (non-hydrogen) atoms. The molecule has 1 atom stereocenters. The number of halogens is 1. The Balaban J connectivity index is 2.36. The lowest BCUT2D eigenvalue weighted by molar-refractivity contribution is -0.122. The van der Waals surface area contributed by atoms with Crippen molar-refractivity contribution in [2.45, 2.75) is 33.3 Å². The molecule has 0 spiro atoms. The average molecular weight is 444 g/mol. The van der Waals surface area contributed by atoms with Crippen LogP contribution >= 0.6 is 22.6 Å². The fraction of sp³-hybridized carbons (Fsp3) is 0.412. The summed E-state index contributed by atoms with van der Waals surface area (Å²) in [5.74, 6) is 0.959. The van der Waals surface area contributed by atoms with E-state index in [1.807, 2.05) is 13.0 Å². The summed E-state index contributed by atoms with van der Waals surface area (Å²) < 4.78 is 12.2. The van der Waals surface area contributed by atoms with Crippen LogP contribution in [0.1, 0.15) is 32.8 Å². The predicted molar refractivity (Wildman–Crippen MR) is 100.0 cm³/mol. The van der Waals surface area contributed by atoms with Crippen LogP contribution in [0.2, 0.25) is 0 Å². The molecule has 1 N–H and O–H groups in total. The number of urea groups is 1. The van der Waals surface area contributed by atoms with Gasteiger partial charge >= 0.3 is 6.03 Å². The van der Waals surface area contributed by atoms with Crippen molar-refractivity contribution in [1.29, 1.82) is 0 Å². The minimum absolute atomic E-state index is 0.0745. The largest absolute Gasteiger partial charge is 0.493 e. The van der Waals surface area contributed by atoms with Gasteiger partial charge in [0, 0.05) is 6.54 Å². The minimum Gasteiger partial charge on any atom is -0.493 e. The van der Waals surface area contributed by atoms with Gasteiger partial charge in [-0.1, -0.05) is 6.92 Å². The fourth-order valence-corrected chi connectivity index (χ4v) is 3.00. The summed E-state index contributed by atoms with van der Waals surface area (Å²) >= 11 is 2.18. The zero-order chi connectivity index (χ0) is 17.9. The van der Waals surface area contributed by atoms with Crippen LogP contribution in [0.15, 0.2) is 17.8 Å². The van der Waals surface area contributed by atoms with E-state index in [1.54, 1.807) is 26.2 Å². The van der Waals surface area contributed by atoms with Crippen LogP contribution in [0.4, 0.5) is 4.79 Å². The fourth-order valence-electron chi connectivity index (χ4n) is 2.25. The number of nitrogens with zero attached hydrogens (tertiary/aromatic N) is 1. The highest BCUT2D eigenvalue weighted by Gasteiger charge is 2.32. The lowest BCUT2D eigenvalue weighted by atomic mass is 10.1. The Bertz CT molecular complexity index is 687. The summed E-state index contributed by atoms with van der Waals surface area (Å²) in [5, 5.41) is 2.59. The lowest BCUT2D eigenvalue weighted by Crippen LogP contribution is -2.30. The van der Waals surface area contributed by atoms with Crippen LogP contribution in [0.5, 0.6) is 11.5 Å². The van der Waals surface area contributed by atoms with Crippen LogP contribution in [0, 0.1) is 3.57 Å². The number of benzene rings is 1. The summed E-state index contributed by atoms with van der Waals surface area (Å²) in [5.41, 5.74) is 1.02. The Morgan fingerprint density at radius 3 is 2.58 bits per heavy atom. The molecule has 1 aliphatic rings. The van der Waals surface area contributed by atoms with Crippen LogP contribution < -0.4 is 14.8 Å². The summed E-state index contributed by atoms with van der Waals surface area (Å²) in [4.78, 5) is 25.0. The highest BCUT2D eigenvalue weighted by molar-refractivity contribution is 14.1. The van der Waals surface area contributed by atoms with Gasteiger partial charge in [-0.25, -0.2) is 4.79 Å². The number of nitrogens with one attached hydrogen (secondary N) is 1. The van der Waals surface area contributed by atoms with Crippen molar-refractivity contribution in [2.75, 3.05) is 13.7 Å². The first-order chi connectivity index (χ1) is 11.4. The van der Waals surface area contributed by atoms with Crippen LogP contribution in [0.25, 0.3) is 6.08 Å². The number of likely N-dealkylation sites (N-methyl/N-ethyl adjacent to an activating group) is 1. The van der Waals surface area contributed by atoms with Gasteiger partial charge in [0.05, 0.1) is 16.8 Å². The van der Waals surface area contributed by atoms with Gasteiger partial charge in [-0.3, -0.25) is 9.69 Å². The Morgan fingerprint density at radius 1 is 1.33 bits per heavy atom. The van der Waals surface area contributed by atoms with E-state index in [9.17, 15) is 9.59 Å². The van der Waals surface area contributed by atoms with E-state index in [0.717, 1.165) is 20.5 Å². The number of hydrogen-bond acceptors (Lipinski definition) is 4. The minimum atomic E-state index is -0.396. The third kappa shape index (κ3) is 3.82. The molecule has 1 heterocycles. The average Bonchev–Trinajstić information content (AvgIpc) is 2.82. The first kappa shape index (κ1) is 18.6. The van der Waals surface area contributed by atoms with E-state index in [0.29, 0.717) is 18.0 Å². The van der Waals surface area contributed by atoms with Gasteiger partial charge in [-0.15, -0.1) is 0 Å². The zero-order valence-corrected chi connectivity index (χ0v) is 16.3. The topological polar surface area (TPSA) is 67.9 Å². The molecule has 0 saturated carbocycles. The van der Waals surface area contributed by atoms with Crippen LogP contribution in [0.3, 0.4) is 0 Å². The van der Waals surface area contributed by atoms with Gasteiger partial charge in [0.1, 0.15) is 5.70 Å². The molecule has 130 valence electrons. The number of rotatable bonds is 6. The lowest BCUT2D eigenvalue weighted by Gasteiger charge is -2.17. The SMILES string of the molecule is CC[C@@H](C)Oc1c(I)cc(/C=C2/NC(=O)N(CC)C2=O)cc1OC. The molecular formula is C17H21IN2O4. The maximum atomic E-state index is 12.2. The third-order valence-corrected chi connectivity index (χ3v) is 4.54. The number of amides is 3. The first-order valence-electron chi connectivity index (χ1n) is 7.79. The van der Waals surface area contributed by atoms with E-state index >= 15 is 0 Å². The maximum Gasteiger partial charge on any atom is 0.328 e. The summed E-state index contributed by atoms with van der Waals surface area (Å²) in [6.07, 6.45) is 2.61. The molecule has 0 unspecified atom stereocenters. The number of methoxy groups -OCH3 is 1. The van der Waals surface area contributed by atoms with Gasteiger partial charge in [0.2, 0.25) is 0 Å². The van der Waals surface area contributed by atoms with Gasteiger partial charge in [-0.05, 0) is 66.6 Å². The Labute approximate surface area is 155 Å². The molecule has 2 rings (SSSR count). The van der Waals surface area contributed by atoms with Crippen molar-refractivity contribution in [3.63, 3.8) is 0 Å². The molecular weight excluding hydrogens is 423 g/mol. The number of hydrogen-bond donors (Lipinski definition) is 1. The van der Waals surface area contributed by atoms with Crippen molar-refractivity contribution in [3.8, 4) is 11.5 Å². The second-order valence-corrected chi connectivity index (χ2v) is 6.57. The Kier molecular flexibility index (Phi) is 6.09.